The van der Waals surface area contributed by atoms with Crippen LogP contribution in [0, 0.1) is 5.41 Å². The maximum atomic E-state index is 11.1. The minimum Gasteiger partial charge on any atom is -0.480 e. The van der Waals surface area contributed by atoms with Crippen LogP contribution in [0.5, 0.6) is 0 Å². The van der Waals surface area contributed by atoms with Crippen molar-refractivity contribution in [1.82, 2.24) is 5.32 Å². The number of hydrogen-bond donors (Lipinski definition) is 3. The number of rotatable bonds is 3. The summed E-state index contributed by atoms with van der Waals surface area (Å²) in [5.41, 5.74) is 4.55. The first-order chi connectivity index (χ1) is 6.53. The van der Waals surface area contributed by atoms with Gasteiger partial charge in [0.2, 0.25) is 0 Å². The van der Waals surface area contributed by atoms with E-state index in [0.717, 1.165) is 6.42 Å². The van der Waals surface area contributed by atoms with Gasteiger partial charge in [-0.25, -0.2) is 4.99 Å². The number of nitrogens with zero attached hydrogens (tertiary/aromatic N) is 1. The Bertz CT molecular complexity index is 303. The first-order valence-electron chi connectivity index (χ1n) is 4.39. The largest absolute Gasteiger partial charge is 0.480 e. The van der Waals surface area contributed by atoms with Crippen LogP contribution in [0.25, 0.3) is 0 Å². The van der Waals surface area contributed by atoms with Crippen molar-refractivity contribution in [3.8, 4) is 0 Å². The van der Waals surface area contributed by atoms with E-state index < -0.39 is 11.4 Å². The van der Waals surface area contributed by atoms with Crippen LogP contribution < -0.4 is 11.1 Å². The average molecular weight is 215 g/mol. The molecule has 0 aromatic carbocycles. The van der Waals surface area contributed by atoms with E-state index >= 15 is 0 Å². The zero-order valence-corrected chi connectivity index (χ0v) is 8.73. The van der Waals surface area contributed by atoms with Gasteiger partial charge in [-0.1, -0.05) is 13.3 Å². The van der Waals surface area contributed by atoms with E-state index in [1.807, 2.05) is 6.92 Å². The van der Waals surface area contributed by atoms with Gasteiger partial charge in [-0.15, -0.1) is 0 Å². The van der Waals surface area contributed by atoms with Gasteiger partial charge in [0.15, 0.2) is 5.11 Å². The molecule has 1 heterocycles. The van der Waals surface area contributed by atoms with E-state index in [1.165, 1.54) is 0 Å². The fourth-order valence-corrected chi connectivity index (χ4v) is 1.68. The minimum absolute atomic E-state index is 0.107. The first kappa shape index (κ1) is 10.9. The fourth-order valence-electron chi connectivity index (χ4n) is 1.51. The van der Waals surface area contributed by atoms with Gasteiger partial charge in [0.1, 0.15) is 11.3 Å². The summed E-state index contributed by atoms with van der Waals surface area (Å²) in [5, 5.41) is 12.1. The Morgan fingerprint density at radius 3 is 2.93 bits per heavy atom. The minimum atomic E-state index is -1.09. The maximum Gasteiger partial charge on any atom is 0.319 e. The third-order valence-electron chi connectivity index (χ3n) is 2.34. The van der Waals surface area contributed by atoms with Gasteiger partial charge in [-0.3, -0.25) is 4.79 Å². The molecule has 4 N–H and O–H groups in total. The molecule has 1 atom stereocenters. The summed E-state index contributed by atoms with van der Waals surface area (Å²) in [6.07, 6.45) is 1.20. The molecule has 78 valence electrons. The summed E-state index contributed by atoms with van der Waals surface area (Å²) < 4.78 is 0. The normalized spacial score (nSPS) is 26.6. The number of aliphatic imine (C=N–C) groups is 1. The van der Waals surface area contributed by atoms with Crippen molar-refractivity contribution in [3.05, 3.63) is 0 Å². The molecular formula is C8H13N3O2S. The summed E-state index contributed by atoms with van der Waals surface area (Å²) in [6, 6.07) is 0. The van der Waals surface area contributed by atoms with Crippen LogP contribution in [0.15, 0.2) is 4.99 Å². The number of amidine groups is 1. The molecule has 14 heavy (non-hydrogen) atoms. The van der Waals surface area contributed by atoms with Crippen LogP contribution >= 0.6 is 12.2 Å². The number of thiocarbonyl (C=S) groups is 1. The quantitative estimate of drug-likeness (QED) is 0.581. The van der Waals surface area contributed by atoms with Crippen LogP contribution in [0.4, 0.5) is 0 Å². The highest BCUT2D eigenvalue weighted by Gasteiger charge is 2.44. The lowest BCUT2D eigenvalue weighted by Gasteiger charge is -2.32. The SMILES string of the molecule is CCCC1(C(=O)O)CNC(=S)N=C1N. The van der Waals surface area contributed by atoms with Crippen LogP contribution in [0.3, 0.4) is 0 Å². The van der Waals surface area contributed by atoms with Gasteiger partial charge >= 0.3 is 5.97 Å². The zero-order chi connectivity index (χ0) is 10.8. The first-order valence-corrected chi connectivity index (χ1v) is 4.79. The molecule has 0 aromatic rings. The molecule has 1 unspecified atom stereocenters. The molecule has 0 aromatic heterocycles. The topological polar surface area (TPSA) is 87.7 Å². The fraction of sp³-hybridized carbons (Fsp3) is 0.625. The highest BCUT2D eigenvalue weighted by molar-refractivity contribution is 7.80. The van der Waals surface area contributed by atoms with Gasteiger partial charge in [0.05, 0.1) is 0 Å². The third kappa shape index (κ3) is 1.70. The highest BCUT2D eigenvalue weighted by atomic mass is 32.1. The molecule has 0 bridgehead atoms. The monoisotopic (exact) mass is 215 g/mol. The number of carboxylic acid groups (broad SMARTS) is 1. The summed E-state index contributed by atoms with van der Waals surface area (Å²) in [5.74, 6) is -0.841. The Hall–Kier alpha value is -1.17. The molecule has 0 spiro atoms. The van der Waals surface area contributed by atoms with Crippen molar-refractivity contribution >= 4 is 29.1 Å². The molecular weight excluding hydrogens is 202 g/mol. The Morgan fingerprint density at radius 1 is 1.86 bits per heavy atom. The standard InChI is InChI=1S/C8H13N3O2S/c1-2-3-8(6(12)13)4-10-7(14)11-5(8)9/h2-4H2,1H3,(H,12,13)(H3,9,10,11,14). The predicted molar refractivity (Wildman–Crippen MR) is 57.2 cm³/mol. The lowest BCUT2D eigenvalue weighted by molar-refractivity contribution is -0.145. The van der Waals surface area contributed by atoms with Crippen molar-refractivity contribution in [2.45, 2.75) is 19.8 Å². The summed E-state index contributed by atoms with van der Waals surface area (Å²) in [4.78, 5) is 14.9. The number of carboxylic acids is 1. The van der Waals surface area contributed by atoms with E-state index in [-0.39, 0.29) is 17.5 Å². The van der Waals surface area contributed by atoms with Gasteiger partial charge in [-0.2, -0.15) is 0 Å². The Balaban J connectivity index is 3.04. The van der Waals surface area contributed by atoms with E-state index in [4.69, 9.17) is 23.1 Å². The lowest BCUT2D eigenvalue weighted by atomic mass is 9.81. The molecule has 0 amide bonds. The number of nitrogens with two attached hydrogens (primary N) is 1. The van der Waals surface area contributed by atoms with Crippen LogP contribution in [0.1, 0.15) is 19.8 Å². The maximum absolute atomic E-state index is 11.1. The van der Waals surface area contributed by atoms with Crippen molar-refractivity contribution in [2.24, 2.45) is 16.1 Å². The van der Waals surface area contributed by atoms with Crippen molar-refractivity contribution < 1.29 is 9.90 Å². The van der Waals surface area contributed by atoms with Crippen molar-refractivity contribution in [2.75, 3.05) is 6.54 Å². The van der Waals surface area contributed by atoms with Crippen molar-refractivity contribution in [3.63, 3.8) is 0 Å². The van der Waals surface area contributed by atoms with E-state index in [0.29, 0.717) is 6.42 Å². The molecule has 1 aliphatic heterocycles. The second-order valence-electron chi connectivity index (χ2n) is 3.29. The van der Waals surface area contributed by atoms with E-state index in [1.54, 1.807) is 0 Å². The van der Waals surface area contributed by atoms with Crippen LogP contribution in [0.2, 0.25) is 0 Å². The predicted octanol–water partition coefficient (Wildman–Crippen LogP) is 0.103. The van der Waals surface area contributed by atoms with Crippen LogP contribution in [-0.4, -0.2) is 28.6 Å². The third-order valence-corrected chi connectivity index (χ3v) is 2.58. The van der Waals surface area contributed by atoms with Gasteiger partial charge < -0.3 is 16.2 Å². The van der Waals surface area contributed by atoms with Gasteiger partial charge in [0.25, 0.3) is 0 Å². The van der Waals surface area contributed by atoms with E-state index in [9.17, 15) is 4.79 Å². The lowest BCUT2D eigenvalue weighted by Crippen LogP contribution is -2.55. The Kier molecular flexibility index (Phi) is 3.05. The Labute approximate surface area is 87.4 Å². The van der Waals surface area contributed by atoms with Crippen LogP contribution in [-0.2, 0) is 4.79 Å². The summed E-state index contributed by atoms with van der Waals surface area (Å²) in [6.45, 7) is 2.13. The molecule has 0 fully saturated rings. The molecule has 0 radical (unpaired) electrons. The summed E-state index contributed by atoms with van der Waals surface area (Å²) >= 11 is 4.78. The summed E-state index contributed by atoms with van der Waals surface area (Å²) in [7, 11) is 0. The second kappa shape index (κ2) is 3.91. The van der Waals surface area contributed by atoms with Gasteiger partial charge in [0, 0.05) is 6.54 Å². The number of hydrogen-bond acceptors (Lipinski definition) is 3. The Morgan fingerprint density at radius 2 is 2.50 bits per heavy atom. The highest BCUT2D eigenvalue weighted by Crippen LogP contribution is 2.26. The molecule has 0 saturated heterocycles. The average Bonchev–Trinajstić information content (AvgIpc) is 2.10. The molecule has 1 rings (SSSR count). The number of nitrogens with one attached hydrogen (secondary N) is 1. The van der Waals surface area contributed by atoms with Crippen molar-refractivity contribution in [1.29, 1.82) is 0 Å². The van der Waals surface area contributed by atoms with E-state index in [2.05, 4.69) is 10.3 Å². The number of carbonyl (C=O) groups is 1. The number of aliphatic carboxylic acids is 1. The van der Waals surface area contributed by atoms with Gasteiger partial charge in [-0.05, 0) is 18.6 Å². The molecule has 1 aliphatic rings. The zero-order valence-electron chi connectivity index (χ0n) is 7.91. The second-order valence-corrected chi connectivity index (χ2v) is 3.68. The smallest absolute Gasteiger partial charge is 0.319 e. The molecule has 0 saturated carbocycles. The molecule has 5 nitrogen and oxygen atoms in total. The molecule has 6 heteroatoms. The molecule has 0 aliphatic carbocycles.